The lowest BCUT2D eigenvalue weighted by Crippen LogP contribution is -2.34. The van der Waals surface area contributed by atoms with Crippen LogP contribution in [-0.4, -0.2) is 39.5 Å². The third-order valence-electron chi connectivity index (χ3n) is 3.14. The number of carboxylic acid groups (broad SMARTS) is 1. The lowest BCUT2D eigenvalue weighted by molar-refractivity contribution is -0.131. The summed E-state index contributed by atoms with van der Waals surface area (Å²) < 4.78 is 0. The van der Waals surface area contributed by atoms with Gasteiger partial charge in [0, 0.05) is 31.1 Å². The van der Waals surface area contributed by atoms with Gasteiger partial charge in [0.05, 0.1) is 18.1 Å². The smallest absolute Gasteiger partial charge is 0.328 e. The van der Waals surface area contributed by atoms with Crippen LogP contribution in [0, 0.1) is 11.3 Å². The largest absolute Gasteiger partial charge is 0.478 e. The number of carbonyl (C=O) groups is 2. The zero-order valence-corrected chi connectivity index (χ0v) is 11.4. The number of nitrogens with zero attached hydrogens (tertiary/aromatic N) is 3. The number of amides is 1. The molecule has 6 heteroatoms. The number of aromatic nitrogens is 1. The molecule has 0 spiro atoms. The summed E-state index contributed by atoms with van der Waals surface area (Å²) in [6, 6.07) is 3.87. The first-order valence-corrected chi connectivity index (χ1v) is 6.66. The fourth-order valence-electron chi connectivity index (χ4n) is 2.01. The maximum absolute atomic E-state index is 12.5. The van der Waals surface area contributed by atoms with Crippen molar-refractivity contribution in [2.45, 2.75) is 25.3 Å². The van der Waals surface area contributed by atoms with E-state index in [0.717, 1.165) is 18.9 Å². The molecular weight excluding hydrogens is 270 g/mol. The Labute approximate surface area is 122 Å². The van der Waals surface area contributed by atoms with Crippen LogP contribution in [-0.2, 0) is 4.79 Å². The average molecular weight is 285 g/mol. The molecule has 1 aliphatic carbocycles. The van der Waals surface area contributed by atoms with Gasteiger partial charge in [0.1, 0.15) is 0 Å². The van der Waals surface area contributed by atoms with Crippen molar-refractivity contribution in [3.63, 3.8) is 0 Å². The quantitative estimate of drug-likeness (QED) is 0.803. The molecular formula is C15H15N3O3. The van der Waals surface area contributed by atoms with Crippen LogP contribution in [0.4, 0.5) is 0 Å². The third kappa shape index (κ3) is 4.14. The number of carboxylic acids is 1. The predicted molar refractivity (Wildman–Crippen MR) is 75.2 cm³/mol. The average Bonchev–Trinajstić information content (AvgIpc) is 3.30. The molecule has 1 aliphatic rings. The van der Waals surface area contributed by atoms with Crippen LogP contribution in [0.1, 0.15) is 35.2 Å². The van der Waals surface area contributed by atoms with E-state index in [9.17, 15) is 9.59 Å². The molecule has 1 aromatic heterocycles. The van der Waals surface area contributed by atoms with E-state index in [1.165, 1.54) is 18.5 Å². The minimum absolute atomic E-state index is 0.161. The van der Waals surface area contributed by atoms with E-state index in [2.05, 4.69) is 4.98 Å². The molecule has 0 unspecified atom stereocenters. The number of aliphatic carboxylic acids is 1. The van der Waals surface area contributed by atoms with Gasteiger partial charge >= 0.3 is 5.97 Å². The van der Waals surface area contributed by atoms with Crippen LogP contribution < -0.4 is 0 Å². The van der Waals surface area contributed by atoms with Crippen LogP contribution >= 0.6 is 0 Å². The predicted octanol–water partition coefficient (Wildman–Crippen LogP) is 1.70. The summed E-state index contributed by atoms with van der Waals surface area (Å²) in [6.45, 7) is 0.412. The van der Waals surface area contributed by atoms with E-state index >= 15 is 0 Å². The Bertz CT molecular complexity index is 615. The molecule has 0 radical (unpaired) electrons. The number of nitriles is 1. The zero-order chi connectivity index (χ0) is 15.2. The van der Waals surface area contributed by atoms with Gasteiger partial charge in [0.25, 0.3) is 5.91 Å². The molecule has 1 saturated carbocycles. The van der Waals surface area contributed by atoms with Gasteiger partial charge in [-0.25, -0.2) is 4.79 Å². The molecule has 1 amide bonds. The molecule has 0 atom stereocenters. The highest BCUT2D eigenvalue weighted by molar-refractivity contribution is 5.95. The van der Waals surface area contributed by atoms with E-state index in [4.69, 9.17) is 10.4 Å². The lowest BCUT2D eigenvalue weighted by Gasteiger charge is -2.21. The molecule has 108 valence electrons. The molecule has 6 nitrogen and oxygen atoms in total. The highest BCUT2D eigenvalue weighted by Gasteiger charge is 2.32. The summed E-state index contributed by atoms with van der Waals surface area (Å²) >= 11 is 0. The van der Waals surface area contributed by atoms with Crippen molar-refractivity contribution in [2.24, 2.45) is 0 Å². The molecule has 1 fully saturated rings. The van der Waals surface area contributed by atoms with Gasteiger partial charge < -0.3 is 10.0 Å². The van der Waals surface area contributed by atoms with Crippen molar-refractivity contribution in [1.82, 2.24) is 9.88 Å². The van der Waals surface area contributed by atoms with Crippen molar-refractivity contribution >= 4 is 18.0 Å². The molecule has 0 aromatic carbocycles. The molecule has 21 heavy (non-hydrogen) atoms. The molecule has 0 bridgehead atoms. The first-order chi connectivity index (χ1) is 10.1. The number of pyridine rings is 1. The Kier molecular flexibility index (Phi) is 4.67. The maximum atomic E-state index is 12.5. The molecule has 1 aromatic rings. The Morgan fingerprint density at radius 1 is 1.48 bits per heavy atom. The summed E-state index contributed by atoms with van der Waals surface area (Å²) in [5, 5.41) is 17.3. The Balaban J connectivity index is 2.15. The molecule has 2 rings (SSSR count). The summed E-state index contributed by atoms with van der Waals surface area (Å²) in [7, 11) is 0. The van der Waals surface area contributed by atoms with Crippen molar-refractivity contribution in [3.8, 4) is 6.07 Å². The standard InChI is InChI=1S/C15H15N3O3/c16-6-1-7-18(13-3-4-13)15(21)12-8-11(9-17-10-12)2-5-14(19)20/h2,5,8-10,13H,1,3-4,7H2,(H,19,20). The first-order valence-electron chi connectivity index (χ1n) is 6.66. The van der Waals surface area contributed by atoms with E-state index in [1.807, 2.05) is 6.07 Å². The topological polar surface area (TPSA) is 94.3 Å². The minimum atomic E-state index is -1.06. The lowest BCUT2D eigenvalue weighted by atomic mass is 10.1. The highest BCUT2D eigenvalue weighted by Crippen LogP contribution is 2.28. The van der Waals surface area contributed by atoms with Gasteiger partial charge in [-0.15, -0.1) is 0 Å². The number of hydrogen-bond acceptors (Lipinski definition) is 4. The second-order valence-corrected chi connectivity index (χ2v) is 4.82. The summed E-state index contributed by atoms with van der Waals surface area (Å²) in [4.78, 5) is 28.6. The van der Waals surface area contributed by atoms with E-state index < -0.39 is 5.97 Å². The van der Waals surface area contributed by atoms with Crippen LogP contribution in [0.5, 0.6) is 0 Å². The van der Waals surface area contributed by atoms with Crippen molar-refractivity contribution < 1.29 is 14.7 Å². The van der Waals surface area contributed by atoms with Gasteiger partial charge in [0.2, 0.25) is 0 Å². The van der Waals surface area contributed by atoms with Gasteiger partial charge in [-0.05, 0) is 30.5 Å². The molecule has 0 aliphatic heterocycles. The fourth-order valence-corrected chi connectivity index (χ4v) is 2.01. The fraction of sp³-hybridized carbons (Fsp3) is 0.333. The summed E-state index contributed by atoms with van der Waals surface area (Å²) in [6.07, 6.45) is 7.57. The summed E-state index contributed by atoms with van der Waals surface area (Å²) in [5.74, 6) is -1.22. The van der Waals surface area contributed by atoms with Crippen molar-refractivity contribution in [3.05, 3.63) is 35.7 Å². The van der Waals surface area contributed by atoms with Gasteiger partial charge in [-0.3, -0.25) is 9.78 Å². The molecule has 1 N–H and O–H groups in total. The van der Waals surface area contributed by atoms with Crippen LogP contribution in [0.3, 0.4) is 0 Å². The number of rotatable bonds is 6. The summed E-state index contributed by atoms with van der Waals surface area (Å²) in [5.41, 5.74) is 0.964. The second kappa shape index (κ2) is 6.66. The SMILES string of the molecule is N#CCCN(C(=O)c1cncc(C=CC(=O)O)c1)C1CC1. The Morgan fingerprint density at radius 3 is 2.86 bits per heavy atom. The maximum Gasteiger partial charge on any atom is 0.328 e. The molecule has 1 heterocycles. The Hall–Kier alpha value is -2.68. The van der Waals surface area contributed by atoms with Crippen molar-refractivity contribution in [2.75, 3.05) is 6.54 Å². The van der Waals surface area contributed by atoms with Gasteiger partial charge in [-0.1, -0.05) is 0 Å². The van der Waals surface area contributed by atoms with Gasteiger partial charge in [-0.2, -0.15) is 5.26 Å². The second-order valence-electron chi connectivity index (χ2n) is 4.82. The first kappa shape index (κ1) is 14.7. The van der Waals surface area contributed by atoms with Crippen LogP contribution in [0.2, 0.25) is 0 Å². The van der Waals surface area contributed by atoms with E-state index in [1.54, 1.807) is 11.0 Å². The number of hydrogen-bond donors (Lipinski definition) is 1. The van der Waals surface area contributed by atoms with Crippen molar-refractivity contribution in [1.29, 1.82) is 5.26 Å². The van der Waals surface area contributed by atoms with Crippen LogP contribution in [0.25, 0.3) is 6.08 Å². The number of carbonyl (C=O) groups excluding carboxylic acids is 1. The monoisotopic (exact) mass is 285 g/mol. The van der Waals surface area contributed by atoms with E-state index in [0.29, 0.717) is 24.1 Å². The minimum Gasteiger partial charge on any atom is -0.478 e. The van der Waals surface area contributed by atoms with E-state index in [-0.39, 0.29) is 11.9 Å². The third-order valence-corrected chi connectivity index (χ3v) is 3.14. The van der Waals surface area contributed by atoms with Gasteiger partial charge in [0.15, 0.2) is 0 Å². The normalized spacial score (nSPS) is 13.9. The zero-order valence-electron chi connectivity index (χ0n) is 11.4. The highest BCUT2D eigenvalue weighted by atomic mass is 16.4. The molecule has 0 saturated heterocycles. The van der Waals surface area contributed by atoms with Crippen LogP contribution in [0.15, 0.2) is 24.5 Å². The Morgan fingerprint density at radius 2 is 2.24 bits per heavy atom.